The number of pyridine rings is 1. The summed E-state index contributed by atoms with van der Waals surface area (Å²) in [5.74, 6) is 5.62. The van der Waals surface area contributed by atoms with Crippen molar-refractivity contribution in [2.24, 2.45) is 0 Å². The molecule has 33 heavy (non-hydrogen) atoms. The Labute approximate surface area is 192 Å². The van der Waals surface area contributed by atoms with Crippen LogP contribution in [-0.2, 0) is 9.53 Å². The Kier molecular flexibility index (Phi) is 8.22. The molecule has 1 aromatic carbocycles. The number of aliphatic hydroxyl groups is 1. The van der Waals surface area contributed by atoms with Gasteiger partial charge in [0.15, 0.2) is 5.82 Å². The molecule has 168 valence electrons. The van der Waals surface area contributed by atoms with Gasteiger partial charge >= 0.3 is 5.97 Å². The molecular weight excluding hydrogens is 420 g/mol. The van der Waals surface area contributed by atoms with Crippen LogP contribution in [0.5, 0.6) is 0 Å². The molecule has 0 fully saturated rings. The molecule has 0 saturated heterocycles. The van der Waals surface area contributed by atoms with Gasteiger partial charge in [-0.15, -0.1) is 0 Å². The second-order valence-electron chi connectivity index (χ2n) is 7.02. The van der Waals surface area contributed by atoms with E-state index in [-0.39, 0.29) is 37.8 Å². The number of esters is 1. The minimum absolute atomic E-state index is 0.0484. The molecule has 1 N–H and O–H groups in total. The zero-order chi connectivity index (χ0) is 23.6. The number of amides is 1. The van der Waals surface area contributed by atoms with Gasteiger partial charge in [0.05, 0.1) is 25.3 Å². The Bertz CT molecular complexity index is 1190. The number of aromatic nitrogens is 3. The highest BCUT2D eigenvalue weighted by Gasteiger charge is 2.15. The minimum atomic E-state index is -0.530. The third-order valence-electron chi connectivity index (χ3n) is 4.63. The molecule has 0 aliphatic rings. The molecule has 0 spiro atoms. The van der Waals surface area contributed by atoms with Crippen molar-refractivity contribution in [1.29, 1.82) is 0 Å². The molecule has 8 nitrogen and oxygen atoms in total. The first-order chi connectivity index (χ1) is 16.0. The van der Waals surface area contributed by atoms with Gasteiger partial charge < -0.3 is 14.7 Å². The van der Waals surface area contributed by atoms with Gasteiger partial charge in [-0.05, 0) is 37.3 Å². The van der Waals surface area contributed by atoms with Crippen molar-refractivity contribution in [2.75, 3.05) is 26.8 Å². The molecule has 3 aromatic rings. The van der Waals surface area contributed by atoms with Gasteiger partial charge in [0.25, 0.3) is 0 Å². The smallest absolute Gasteiger partial charge is 0.356 e. The third-order valence-corrected chi connectivity index (χ3v) is 4.63. The molecule has 0 aliphatic heterocycles. The number of ether oxygens (including phenoxy) is 1. The molecule has 0 bridgehead atoms. The second-order valence-corrected chi connectivity index (χ2v) is 7.02. The molecule has 0 unspecified atom stereocenters. The molecule has 2 heterocycles. The number of nitrogens with zero attached hydrogens (tertiary/aromatic N) is 4. The monoisotopic (exact) mass is 444 g/mol. The molecule has 0 radical (unpaired) electrons. The van der Waals surface area contributed by atoms with Crippen molar-refractivity contribution in [3.05, 3.63) is 66.1 Å². The van der Waals surface area contributed by atoms with Crippen LogP contribution in [-0.4, -0.2) is 63.6 Å². The molecule has 0 atom stereocenters. The Morgan fingerprint density at radius 1 is 1.09 bits per heavy atom. The van der Waals surface area contributed by atoms with E-state index in [1.54, 1.807) is 44.6 Å². The lowest BCUT2D eigenvalue weighted by Crippen LogP contribution is -2.28. The van der Waals surface area contributed by atoms with Crippen LogP contribution >= 0.6 is 0 Å². The zero-order valence-corrected chi connectivity index (χ0v) is 18.5. The van der Waals surface area contributed by atoms with E-state index in [0.717, 1.165) is 5.56 Å². The first-order valence-corrected chi connectivity index (χ1v) is 10.4. The van der Waals surface area contributed by atoms with Crippen LogP contribution in [0.25, 0.3) is 22.6 Å². The van der Waals surface area contributed by atoms with Crippen LogP contribution < -0.4 is 0 Å². The summed E-state index contributed by atoms with van der Waals surface area (Å²) in [6.45, 7) is 2.15. The lowest BCUT2D eigenvalue weighted by atomic mass is 10.0. The van der Waals surface area contributed by atoms with E-state index in [1.165, 1.54) is 4.90 Å². The van der Waals surface area contributed by atoms with Gasteiger partial charge in [0.1, 0.15) is 5.69 Å². The molecule has 0 saturated carbocycles. The largest absolute Gasteiger partial charge is 0.461 e. The standard InChI is InChI=1S/C25H24N4O4/c1-3-33-25(32)22-17-20(24-26-11-6-12-27-24)16-21(28-22)19-9-4-7-18(15-19)8-5-10-23(31)29(2)13-14-30/h4,6-7,9,11-12,15-17,30H,3,10,13-14H2,1-2H3. The highest BCUT2D eigenvalue weighted by atomic mass is 16.5. The summed E-state index contributed by atoms with van der Waals surface area (Å²) in [5, 5.41) is 8.93. The maximum absolute atomic E-state index is 12.4. The summed E-state index contributed by atoms with van der Waals surface area (Å²) in [6, 6.07) is 12.5. The summed E-state index contributed by atoms with van der Waals surface area (Å²) in [5.41, 5.74) is 2.79. The Balaban J connectivity index is 1.93. The lowest BCUT2D eigenvalue weighted by molar-refractivity contribution is -0.129. The Hall–Kier alpha value is -4.09. The summed E-state index contributed by atoms with van der Waals surface area (Å²) in [6.07, 6.45) is 3.30. The number of benzene rings is 1. The van der Waals surface area contributed by atoms with Gasteiger partial charge in [0.2, 0.25) is 5.91 Å². The first kappa shape index (κ1) is 23.6. The highest BCUT2D eigenvalue weighted by molar-refractivity contribution is 5.90. The number of carbonyl (C=O) groups excluding carboxylic acids is 2. The summed E-state index contributed by atoms with van der Waals surface area (Å²) < 4.78 is 5.13. The highest BCUT2D eigenvalue weighted by Crippen LogP contribution is 2.25. The molecule has 3 rings (SSSR count). The summed E-state index contributed by atoms with van der Waals surface area (Å²) in [4.78, 5) is 38.8. The van der Waals surface area contributed by atoms with Crippen LogP contribution in [0.3, 0.4) is 0 Å². The number of carbonyl (C=O) groups is 2. The van der Waals surface area contributed by atoms with E-state index in [4.69, 9.17) is 9.84 Å². The predicted octanol–water partition coefficient (Wildman–Crippen LogP) is 2.57. The van der Waals surface area contributed by atoms with Crippen molar-refractivity contribution in [2.45, 2.75) is 13.3 Å². The van der Waals surface area contributed by atoms with Gasteiger partial charge in [-0.25, -0.2) is 19.7 Å². The summed E-state index contributed by atoms with van der Waals surface area (Å²) in [7, 11) is 1.62. The van der Waals surface area contributed by atoms with Crippen LogP contribution in [0.15, 0.2) is 54.9 Å². The van der Waals surface area contributed by atoms with Crippen molar-refractivity contribution in [1.82, 2.24) is 19.9 Å². The fourth-order valence-corrected chi connectivity index (χ4v) is 2.95. The van der Waals surface area contributed by atoms with Crippen molar-refractivity contribution < 1.29 is 19.4 Å². The summed E-state index contributed by atoms with van der Waals surface area (Å²) >= 11 is 0. The van der Waals surface area contributed by atoms with Crippen LogP contribution in [0.4, 0.5) is 0 Å². The number of rotatable bonds is 7. The maximum Gasteiger partial charge on any atom is 0.356 e. The average Bonchev–Trinajstić information content (AvgIpc) is 2.84. The molecule has 8 heteroatoms. The van der Waals surface area contributed by atoms with Gasteiger partial charge in [-0.1, -0.05) is 24.0 Å². The van der Waals surface area contributed by atoms with Crippen LogP contribution in [0.1, 0.15) is 29.4 Å². The van der Waals surface area contributed by atoms with E-state index in [1.807, 2.05) is 24.3 Å². The van der Waals surface area contributed by atoms with Gasteiger partial charge in [0, 0.05) is 42.7 Å². The number of likely N-dealkylation sites (N-methyl/N-ethyl adjacent to an activating group) is 1. The molecule has 2 aromatic heterocycles. The third kappa shape index (κ3) is 6.45. The Morgan fingerprint density at radius 3 is 2.61 bits per heavy atom. The van der Waals surface area contributed by atoms with E-state index in [2.05, 4.69) is 26.8 Å². The fourth-order valence-electron chi connectivity index (χ4n) is 2.95. The topological polar surface area (TPSA) is 106 Å². The van der Waals surface area contributed by atoms with Crippen molar-refractivity contribution in [3.8, 4) is 34.5 Å². The molecular formula is C25H24N4O4. The fraction of sp³-hybridized carbons (Fsp3) is 0.240. The second kappa shape index (κ2) is 11.5. The van der Waals surface area contributed by atoms with E-state index < -0.39 is 5.97 Å². The number of hydrogen-bond donors (Lipinski definition) is 1. The number of aliphatic hydroxyl groups excluding tert-OH is 1. The molecule has 1 amide bonds. The molecule has 0 aliphatic carbocycles. The van der Waals surface area contributed by atoms with Crippen molar-refractivity contribution >= 4 is 11.9 Å². The maximum atomic E-state index is 12.4. The SMILES string of the molecule is CCOC(=O)c1cc(-c2ncccn2)cc(-c2cccc(C#CCC(=O)N(C)CCO)c2)n1. The predicted molar refractivity (Wildman–Crippen MR) is 123 cm³/mol. The number of hydrogen-bond acceptors (Lipinski definition) is 7. The Morgan fingerprint density at radius 2 is 1.88 bits per heavy atom. The lowest BCUT2D eigenvalue weighted by Gasteiger charge is -2.13. The minimum Gasteiger partial charge on any atom is -0.461 e. The van der Waals surface area contributed by atoms with Gasteiger partial charge in [-0.3, -0.25) is 4.79 Å². The first-order valence-electron chi connectivity index (χ1n) is 10.4. The van der Waals surface area contributed by atoms with Crippen molar-refractivity contribution in [3.63, 3.8) is 0 Å². The van der Waals surface area contributed by atoms with E-state index in [0.29, 0.717) is 22.6 Å². The van der Waals surface area contributed by atoms with E-state index >= 15 is 0 Å². The average molecular weight is 444 g/mol. The zero-order valence-electron chi connectivity index (χ0n) is 18.5. The van der Waals surface area contributed by atoms with Gasteiger partial charge in [-0.2, -0.15) is 0 Å². The van der Waals surface area contributed by atoms with Crippen LogP contribution in [0, 0.1) is 11.8 Å². The quantitative estimate of drug-likeness (QED) is 0.441. The van der Waals surface area contributed by atoms with E-state index in [9.17, 15) is 9.59 Å². The normalized spacial score (nSPS) is 10.2. The van der Waals surface area contributed by atoms with Crippen LogP contribution in [0.2, 0.25) is 0 Å².